The van der Waals surface area contributed by atoms with Crippen LogP contribution >= 0.6 is 0 Å². The first-order valence-corrected chi connectivity index (χ1v) is 6.27. The summed E-state index contributed by atoms with van der Waals surface area (Å²) in [5, 5.41) is 8.67. The van der Waals surface area contributed by atoms with Crippen LogP contribution in [0.5, 0.6) is 0 Å². The van der Waals surface area contributed by atoms with Gasteiger partial charge in [-0.3, -0.25) is 9.59 Å². The maximum Gasteiger partial charge on any atom is 0.224 e. The fourth-order valence-electron chi connectivity index (χ4n) is 2.04. The lowest BCUT2D eigenvalue weighted by molar-refractivity contribution is -0.119. The van der Waals surface area contributed by atoms with Crippen molar-refractivity contribution in [2.45, 2.75) is 19.8 Å². The third-order valence-corrected chi connectivity index (χ3v) is 2.99. The van der Waals surface area contributed by atoms with E-state index in [2.05, 4.69) is 16.0 Å². The molecule has 2 rings (SSSR count). The molecule has 0 aromatic heterocycles. The number of hydrogen-bond donors (Lipinski definition) is 4. The fourth-order valence-corrected chi connectivity index (χ4v) is 2.04. The number of rotatable bonds is 4. The first-order valence-electron chi connectivity index (χ1n) is 6.27. The fraction of sp³-hybridized carbons (Fsp3) is 0.385. The van der Waals surface area contributed by atoms with E-state index >= 15 is 0 Å². The highest BCUT2D eigenvalue weighted by atomic mass is 16.2. The van der Waals surface area contributed by atoms with Gasteiger partial charge in [0.15, 0.2) is 0 Å². The molecule has 19 heavy (non-hydrogen) atoms. The number of nitrogen functional groups attached to an aromatic ring is 1. The molecule has 0 atom stereocenters. The highest BCUT2D eigenvalue weighted by Gasteiger charge is 2.16. The van der Waals surface area contributed by atoms with E-state index in [9.17, 15) is 9.59 Å². The van der Waals surface area contributed by atoms with Gasteiger partial charge in [-0.25, -0.2) is 0 Å². The van der Waals surface area contributed by atoms with Crippen molar-refractivity contribution >= 4 is 28.9 Å². The zero-order chi connectivity index (χ0) is 13.8. The van der Waals surface area contributed by atoms with Crippen LogP contribution in [0, 0.1) is 0 Å². The van der Waals surface area contributed by atoms with Crippen LogP contribution in [-0.2, 0) is 16.0 Å². The summed E-state index contributed by atoms with van der Waals surface area (Å²) in [6.45, 7) is 2.58. The first-order chi connectivity index (χ1) is 9.06. The Hall–Kier alpha value is -2.24. The molecule has 6 heteroatoms. The molecule has 102 valence electrons. The third-order valence-electron chi connectivity index (χ3n) is 2.99. The number of anilines is 3. The normalized spacial score (nSPS) is 13.4. The third kappa shape index (κ3) is 3.37. The molecule has 0 fully saturated rings. The molecule has 0 spiro atoms. The summed E-state index contributed by atoms with van der Waals surface area (Å²) in [6.07, 6.45) is 1.22. The lowest BCUT2D eigenvalue weighted by Crippen LogP contribution is -2.26. The van der Waals surface area contributed by atoms with Gasteiger partial charge in [-0.1, -0.05) is 0 Å². The van der Waals surface area contributed by atoms with Crippen LogP contribution in [0.4, 0.5) is 17.1 Å². The number of amides is 2. The van der Waals surface area contributed by atoms with Gasteiger partial charge in [0.1, 0.15) is 0 Å². The maximum absolute atomic E-state index is 11.3. The van der Waals surface area contributed by atoms with E-state index in [4.69, 9.17) is 5.73 Å². The molecule has 1 aliphatic rings. The molecule has 5 N–H and O–H groups in total. The summed E-state index contributed by atoms with van der Waals surface area (Å²) in [5.74, 6) is -0.0334. The van der Waals surface area contributed by atoms with Crippen LogP contribution in [0.3, 0.4) is 0 Å². The number of fused-ring (bicyclic) bond motifs is 1. The maximum atomic E-state index is 11.3. The predicted molar refractivity (Wildman–Crippen MR) is 75.0 cm³/mol. The summed E-state index contributed by atoms with van der Waals surface area (Å²) in [4.78, 5) is 22.1. The van der Waals surface area contributed by atoms with Crippen LogP contribution in [0.15, 0.2) is 12.1 Å². The monoisotopic (exact) mass is 262 g/mol. The molecule has 0 radical (unpaired) electrons. The number of benzene rings is 1. The minimum Gasteiger partial charge on any atom is -0.397 e. The van der Waals surface area contributed by atoms with E-state index in [1.807, 2.05) is 12.1 Å². The van der Waals surface area contributed by atoms with Gasteiger partial charge in [0.2, 0.25) is 11.8 Å². The predicted octanol–water partition coefficient (Wildman–Crippen LogP) is 0.701. The Kier molecular flexibility index (Phi) is 3.89. The highest BCUT2D eigenvalue weighted by Crippen LogP contribution is 2.30. The molecule has 1 aliphatic heterocycles. The van der Waals surface area contributed by atoms with Crippen molar-refractivity contribution in [2.24, 2.45) is 0 Å². The van der Waals surface area contributed by atoms with Crippen LogP contribution in [-0.4, -0.2) is 24.9 Å². The molecule has 0 saturated carbocycles. The highest BCUT2D eigenvalue weighted by molar-refractivity contribution is 5.95. The molecule has 1 aromatic carbocycles. The number of nitrogens with two attached hydrogens (primary N) is 1. The molecular weight excluding hydrogens is 244 g/mol. The Morgan fingerprint density at radius 3 is 2.89 bits per heavy atom. The number of nitrogens with one attached hydrogen (secondary N) is 3. The van der Waals surface area contributed by atoms with Crippen molar-refractivity contribution in [3.8, 4) is 0 Å². The van der Waals surface area contributed by atoms with Crippen LogP contribution < -0.4 is 21.7 Å². The molecule has 0 unspecified atom stereocenters. The Bertz CT molecular complexity index is 514. The number of carbonyl (C=O) groups excluding carboxylic acids is 2. The topological polar surface area (TPSA) is 96.2 Å². The average Bonchev–Trinajstić information content (AvgIpc) is 2.35. The van der Waals surface area contributed by atoms with E-state index in [1.54, 1.807) is 0 Å². The lowest BCUT2D eigenvalue weighted by Gasteiger charge is -2.19. The van der Waals surface area contributed by atoms with E-state index in [-0.39, 0.29) is 11.8 Å². The van der Waals surface area contributed by atoms with Crippen LogP contribution in [0.1, 0.15) is 18.9 Å². The molecule has 0 bridgehead atoms. The van der Waals surface area contributed by atoms with Crippen molar-refractivity contribution in [1.29, 1.82) is 0 Å². The van der Waals surface area contributed by atoms with Gasteiger partial charge in [0.05, 0.1) is 11.4 Å². The van der Waals surface area contributed by atoms with Crippen LogP contribution in [0.25, 0.3) is 0 Å². The van der Waals surface area contributed by atoms with Crippen LogP contribution in [0.2, 0.25) is 0 Å². The molecule has 6 nitrogen and oxygen atoms in total. The summed E-state index contributed by atoms with van der Waals surface area (Å²) < 4.78 is 0. The summed E-state index contributed by atoms with van der Waals surface area (Å²) in [7, 11) is 0. The van der Waals surface area contributed by atoms with E-state index in [0.29, 0.717) is 25.2 Å². The molecule has 1 heterocycles. The zero-order valence-electron chi connectivity index (χ0n) is 10.9. The van der Waals surface area contributed by atoms with Crippen molar-refractivity contribution in [3.05, 3.63) is 17.7 Å². The van der Waals surface area contributed by atoms with E-state index in [0.717, 1.165) is 23.4 Å². The number of carbonyl (C=O) groups is 2. The van der Waals surface area contributed by atoms with Gasteiger partial charge in [-0.05, 0) is 24.1 Å². The minimum absolute atomic E-state index is 0.0291. The second-order valence-corrected chi connectivity index (χ2v) is 4.55. The van der Waals surface area contributed by atoms with Gasteiger partial charge in [0, 0.05) is 32.1 Å². The molecule has 0 saturated heterocycles. The largest absolute Gasteiger partial charge is 0.397 e. The summed E-state index contributed by atoms with van der Waals surface area (Å²) in [6, 6.07) is 3.73. The minimum atomic E-state index is -0.0625. The van der Waals surface area contributed by atoms with Crippen molar-refractivity contribution < 1.29 is 9.59 Å². The summed E-state index contributed by atoms with van der Waals surface area (Å²) in [5.41, 5.74) is 9.25. The van der Waals surface area contributed by atoms with E-state index in [1.165, 1.54) is 6.92 Å². The van der Waals surface area contributed by atoms with Gasteiger partial charge in [-0.2, -0.15) is 0 Å². The van der Waals surface area contributed by atoms with Crippen molar-refractivity contribution in [1.82, 2.24) is 5.32 Å². The van der Waals surface area contributed by atoms with Crippen molar-refractivity contribution in [3.63, 3.8) is 0 Å². The molecule has 1 aromatic rings. The average molecular weight is 262 g/mol. The first kappa shape index (κ1) is 13.2. The zero-order valence-corrected chi connectivity index (χ0v) is 10.9. The second kappa shape index (κ2) is 5.60. The van der Waals surface area contributed by atoms with Gasteiger partial charge >= 0.3 is 0 Å². The standard InChI is InChI=1S/C13H18N4O2/c1-8(18)15-4-5-16-12-7-11-9(6-10(12)14)2-3-13(19)17-11/h6-7,16H,2-5,14H2,1H3,(H,15,18)(H,17,19). The smallest absolute Gasteiger partial charge is 0.224 e. The van der Waals surface area contributed by atoms with Gasteiger partial charge in [-0.15, -0.1) is 0 Å². The molecule has 2 amide bonds. The van der Waals surface area contributed by atoms with E-state index < -0.39 is 0 Å². The van der Waals surface area contributed by atoms with Gasteiger partial charge in [0.25, 0.3) is 0 Å². The molecule has 0 aliphatic carbocycles. The van der Waals surface area contributed by atoms with Crippen molar-refractivity contribution in [2.75, 3.05) is 29.5 Å². The SMILES string of the molecule is CC(=O)NCCNc1cc2c(cc1N)CCC(=O)N2. The summed E-state index contributed by atoms with van der Waals surface area (Å²) >= 11 is 0. The number of hydrogen-bond acceptors (Lipinski definition) is 4. The Morgan fingerprint density at radius 2 is 2.16 bits per heavy atom. The number of aryl methyl sites for hydroxylation is 1. The Balaban J connectivity index is 2.02. The Labute approximate surface area is 111 Å². The molecular formula is C13H18N4O2. The Morgan fingerprint density at radius 1 is 1.37 bits per heavy atom. The quantitative estimate of drug-likeness (QED) is 0.474. The second-order valence-electron chi connectivity index (χ2n) is 4.55. The van der Waals surface area contributed by atoms with Gasteiger partial charge < -0.3 is 21.7 Å². The lowest BCUT2D eigenvalue weighted by atomic mass is 10.0.